The van der Waals surface area contributed by atoms with Gasteiger partial charge in [0, 0.05) is 19.1 Å². The van der Waals surface area contributed by atoms with Gasteiger partial charge in [-0.25, -0.2) is 8.42 Å². The van der Waals surface area contributed by atoms with E-state index < -0.39 is 10.0 Å². The van der Waals surface area contributed by atoms with Crippen LogP contribution in [-0.2, 0) is 10.0 Å². The predicted molar refractivity (Wildman–Crippen MR) is 67.2 cm³/mol. The summed E-state index contributed by atoms with van der Waals surface area (Å²) in [4.78, 5) is 0. The Morgan fingerprint density at radius 2 is 1.94 bits per heavy atom. The minimum absolute atomic E-state index is 0. The van der Waals surface area contributed by atoms with Crippen LogP contribution in [0.1, 0.15) is 32.1 Å². The van der Waals surface area contributed by atoms with Gasteiger partial charge >= 0.3 is 0 Å². The molecule has 6 heteroatoms. The molecule has 0 aromatic rings. The summed E-state index contributed by atoms with van der Waals surface area (Å²) < 4.78 is 25.6. The Morgan fingerprint density at radius 1 is 1.25 bits per heavy atom. The molecule has 2 aliphatic rings. The molecular weight excluding hydrogens is 248 g/mol. The van der Waals surface area contributed by atoms with Crippen molar-refractivity contribution in [2.75, 3.05) is 18.8 Å². The fourth-order valence-corrected chi connectivity index (χ4v) is 4.17. The van der Waals surface area contributed by atoms with Crippen molar-refractivity contribution >= 4 is 22.4 Å². The summed E-state index contributed by atoms with van der Waals surface area (Å²) in [5, 5.41) is 0. The molecule has 96 valence electrons. The van der Waals surface area contributed by atoms with Gasteiger partial charge in [-0.05, 0) is 25.2 Å². The number of halogens is 1. The molecule has 1 saturated carbocycles. The molecule has 1 saturated heterocycles. The summed E-state index contributed by atoms with van der Waals surface area (Å²) in [6.07, 6.45) is 5.17. The summed E-state index contributed by atoms with van der Waals surface area (Å²) >= 11 is 0. The minimum atomic E-state index is -3.02. The molecule has 1 aliphatic heterocycles. The molecule has 1 heterocycles. The van der Waals surface area contributed by atoms with Crippen LogP contribution >= 0.6 is 12.4 Å². The maximum atomic E-state index is 12.0. The Labute approximate surface area is 104 Å². The number of nitrogens with two attached hydrogens (primary N) is 1. The van der Waals surface area contributed by atoms with Crippen molar-refractivity contribution in [2.24, 2.45) is 11.7 Å². The van der Waals surface area contributed by atoms with Gasteiger partial charge in [-0.3, -0.25) is 0 Å². The Hall–Kier alpha value is 0.160. The molecule has 4 nitrogen and oxygen atoms in total. The van der Waals surface area contributed by atoms with Gasteiger partial charge in [0.05, 0.1) is 5.75 Å². The first-order chi connectivity index (χ1) is 7.13. The topological polar surface area (TPSA) is 63.4 Å². The molecule has 0 aromatic carbocycles. The van der Waals surface area contributed by atoms with Gasteiger partial charge < -0.3 is 5.73 Å². The SMILES string of the molecule is Cl.NCC1CCCN1S(=O)(=O)CCC1CC1. The van der Waals surface area contributed by atoms with Crippen LogP contribution in [0.2, 0.25) is 0 Å². The number of hydrogen-bond acceptors (Lipinski definition) is 3. The molecule has 0 spiro atoms. The molecule has 0 aromatic heterocycles. The summed E-state index contributed by atoms with van der Waals surface area (Å²) in [6, 6.07) is 0.0641. The van der Waals surface area contributed by atoms with Crippen molar-refractivity contribution in [3.05, 3.63) is 0 Å². The average Bonchev–Trinajstić information content (AvgIpc) is 2.90. The van der Waals surface area contributed by atoms with E-state index in [9.17, 15) is 8.42 Å². The van der Waals surface area contributed by atoms with Gasteiger partial charge in [0.25, 0.3) is 0 Å². The molecule has 1 unspecified atom stereocenters. The molecule has 0 amide bonds. The highest BCUT2D eigenvalue weighted by molar-refractivity contribution is 7.89. The fraction of sp³-hybridized carbons (Fsp3) is 1.00. The number of nitrogens with zero attached hydrogens (tertiary/aromatic N) is 1. The molecule has 1 aliphatic carbocycles. The highest BCUT2D eigenvalue weighted by Gasteiger charge is 2.34. The summed E-state index contributed by atoms with van der Waals surface area (Å²) in [5.41, 5.74) is 5.58. The molecule has 0 bridgehead atoms. The second kappa shape index (κ2) is 5.67. The van der Waals surface area contributed by atoms with Gasteiger partial charge in [-0.2, -0.15) is 4.31 Å². The van der Waals surface area contributed by atoms with Crippen LogP contribution < -0.4 is 5.73 Å². The smallest absolute Gasteiger partial charge is 0.214 e. The van der Waals surface area contributed by atoms with Gasteiger partial charge in [0.15, 0.2) is 0 Å². The molecular formula is C10H21ClN2O2S. The maximum absolute atomic E-state index is 12.0. The van der Waals surface area contributed by atoms with Crippen LogP contribution in [0.3, 0.4) is 0 Å². The predicted octanol–water partition coefficient (Wildman–Crippen LogP) is 0.961. The number of hydrogen-bond donors (Lipinski definition) is 1. The van der Waals surface area contributed by atoms with Crippen LogP contribution in [-0.4, -0.2) is 37.6 Å². The second-order valence-corrected chi connectivity index (χ2v) is 6.73. The monoisotopic (exact) mass is 268 g/mol. The molecule has 2 rings (SSSR count). The number of sulfonamides is 1. The Balaban J connectivity index is 0.00000128. The highest BCUT2D eigenvalue weighted by Crippen LogP contribution is 2.33. The van der Waals surface area contributed by atoms with E-state index in [0.717, 1.165) is 19.3 Å². The largest absolute Gasteiger partial charge is 0.329 e. The summed E-state index contributed by atoms with van der Waals surface area (Å²) in [7, 11) is -3.02. The van der Waals surface area contributed by atoms with E-state index >= 15 is 0 Å². The van der Waals surface area contributed by atoms with Crippen molar-refractivity contribution < 1.29 is 8.42 Å². The van der Waals surface area contributed by atoms with Crippen molar-refractivity contribution in [1.29, 1.82) is 0 Å². The van der Waals surface area contributed by atoms with Gasteiger partial charge in [-0.15, -0.1) is 12.4 Å². The van der Waals surface area contributed by atoms with Crippen molar-refractivity contribution in [1.82, 2.24) is 4.31 Å². The zero-order chi connectivity index (χ0) is 10.9. The summed E-state index contributed by atoms with van der Waals surface area (Å²) in [5.74, 6) is 1.01. The van der Waals surface area contributed by atoms with Crippen molar-refractivity contribution in [2.45, 2.75) is 38.1 Å². The second-order valence-electron chi connectivity index (χ2n) is 4.69. The molecule has 2 N–H and O–H groups in total. The first-order valence-electron chi connectivity index (χ1n) is 5.83. The Kier molecular flexibility index (Phi) is 5.04. The Bertz CT molecular complexity index is 317. The van der Waals surface area contributed by atoms with Crippen LogP contribution in [0, 0.1) is 5.92 Å². The van der Waals surface area contributed by atoms with Crippen LogP contribution in [0.4, 0.5) is 0 Å². The average molecular weight is 269 g/mol. The molecule has 0 radical (unpaired) electrons. The van der Waals surface area contributed by atoms with Gasteiger partial charge in [-0.1, -0.05) is 12.8 Å². The third kappa shape index (κ3) is 3.32. The lowest BCUT2D eigenvalue weighted by atomic mass is 10.2. The third-order valence-corrected chi connectivity index (χ3v) is 5.38. The first kappa shape index (κ1) is 14.2. The zero-order valence-electron chi connectivity index (χ0n) is 9.47. The van der Waals surface area contributed by atoms with Crippen LogP contribution in [0.25, 0.3) is 0 Å². The first-order valence-corrected chi connectivity index (χ1v) is 7.44. The lowest BCUT2D eigenvalue weighted by Crippen LogP contribution is -2.41. The summed E-state index contributed by atoms with van der Waals surface area (Å²) in [6.45, 7) is 1.14. The minimum Gasteiger partial charge on any atom is -0.329 e. The molecule has 2 fully saturated rings. The fourth-order valence-electron chi connectivity index (χ4n) is 2.25. The molecule has 1 atom stereocenters. The standard InChI is InChI=1S/C10H20N2O2S.ClH/c11-8-10-2-1-6-12(10)15(13,14)7-5-9-3-4-9;/h9-10H,1-8,11H2;1H. The normalized spacial score (nSPS) is 26.7. The lowest BCUT2D eigenvalue weighted by molar-refractivity contribution is 0.392. The van der Waals surface area contributed by atoms with Gasteiger partial charge in [0.2, 0.25) is 10.0 Å². The van der Waals surface area contributed by atoms with E-state index in [4.69, 9.17) is 5.73 Å². The van der Waals surface area contributed by atoms with E-state index in [-0.39, 0.29) is 18.4 Å². The van der Waals surface area contributed by atoms with Crippen molar-refractivity contribution in [3.63, 3.8) is 0 Å². The van der Waals surface area contributed by atoms with Crippen LogP contribution in [0.5, 0.6) is 0 Å². The van der Waals surface area contributed by atoms with E-state index in [0.29, 0.717) is 24.8 Å². The zero-order valence-corrected chi connectivity index (χ0v) is 11.1. The van der Waals surface area contributed by atoms with E-state index in [1.165, 1.54) is 12.8 Å². The Morgan fingerprint density at radius 3 is 2.50 bits per heavy atom. The van der Waals surface area contributed by atoms with Gasteiger partial charge in [0.1, 0.15) is 0 Å². The molecule has 16 heavy (non-hydrogen) atoms. The maximum Gasteiger partial charge on any atom is 0.214 e. The van der Waals surface area contributed by atoms with E-state index in [1.54, 1.807) is 4.31 Å². The third-order valence-electron chi connectivity index (χ3n) is 3.43. The van der Waals surface area contributed by atoms with E-state index in [2.05, 4.69) is 0 Å². The quantitative estimate of drug-likeness (QED) is 0.808. The lowest BCUT2D eigenvalue weighted by Gasteiger charge is -2.22. The van der Waals surface area contributed by atoms with Crippen molar-refractivity contribution in [3.8, 4) is 0 Å². The van der Waals surface area contributed by atoms with E-state index in [1.807, 2.05) is 0 Å². The van der Waals surface area contributed by atoms with Crippen LogP contribution in [0.15, 0.2) is 0 Å². The highest BCUT2D eigenvalue weighted by atomic mass is 35.5. The number of rotatable bonds is 5.